The van der Waals surface area contributed by atoms with E-state index in [2.05, 4.69) is 11.2 Å². The molecule has 0 unspecified atom stereocenters. The first-order chi connectivity index (χ1) is 13.3. The largest absolute Gasteiger partial charge is 0.496 e. The Balaban J connectivity index is 1.82. The average molecular weight is 373 g/mol. The molecule has 0 saturated heterocycles. The van der Waals surface area contributed by atoms with Gasteiger partial charge in [-0.1, -0.05) is 47.6 Å². The maximum atomic E-state index is 6.16. The van der Waals surface area contributed by atoms with E-state index in [9.17, 15) is 0 Å². The molecule has 27 heavy (non-hydrogen) atoms. The SMILES string of the molecule is COc1ccc2ccccc2c1-c1noc(N)c1-c1nc2ccccc2s1. The second kappa shape index (κ2) is 6.10. The van der Waals surface area contributed by atoms with Gasteiger partial charge in [0, 0.05) is 0 Å². The molecule has 3 aromatic carbocycles. The van der Waals surface area contributed by atoms with Gasteiger partial charge < -0.3 is 15.0 Å². The molecule has 5 aromatic rings. The Morgan fingerprint density at radius 3 is 2.63 bits per heavy atom. The van der Waals surface area contributed by atoms with Crippen LogP contribution in [0.4, 0.5) is 5.88 Å². The highest BCUT2D eigenvalue weighted by Crippen LogP contribution is 2.45. The van der Waals surface area contributed by atoms with Gasteiger partial charge in [0.25, 0.3) is 0 Å². The number of thiazole rings is 1. The normalized spacial score (nSPS) is 11.3. The van der Waals surface area contributed by atoms with E-state index < -0.39 is 0 Å². The Hall–Kier alpha value is -3.38. The van der Waals surface area contributed by atoms with Crippen molar-refractivity contribution >= 4 is 38.2 Å². The highest BCUT2D eigenvalue weighted by molar-refractivity contribution is 7.21. The third-order valence-corrected chi connectivity index (χ3v) is 5.63. The van der Waals surface area contributed by atoms with Crippen LogP contribution < -0.4 is 10.5 Å². The minimum absolute atomic E-state index is 0.249. The molecule has 0 amide bonds. The summed E-state index contributed by atoms with van der Waals surface area (Å²) in [5.41, 5.74) is 9.28. The Kier molecular flexibility index (Phi) is 3.58. The third-order valence-electron chi connectivity index (χ3n) is 4.57. The molecule has 0 aliphatic carbocycles. The number of nitrogens with zero attached hydrogens (tertiary/aromatic N) is 2. The van der Waals surface area contributed by atoms with Crippen molar-refractivity contribution in [3.8, 4) is 27.6 Å². The highest BCUT2D eigenvalue weighted by Gasteiger charge is 2.24. The van der Waals surface area contributed by atoms with E-state index in [1.807, 2.05) is 54.6 Å². The zero-order valence-corrected chi connectivity index (χ0v) is 15.3. The van der Waals surface area contributed by atoms with Crippen LogP contribution >= 0.6 is 11.3 Å². The Morgan fingerprint density at radius 2 is 1.78 bits per heavy atom. The fourth-order valence-corrected chi connectivity index (χ4v) is 4.34. The van der Waals surface area contributed by atoms with Gasteiger partial charge in [-0.25, -0.2) is 4.98 Å². The van der Waals surface area contributed by atoms with E-state index in [0.717, 1.165) is 31.6 Å². The van der Waals surface area contributed by atoms with Gasteiger partial charge in [-0.05, 0) is 29.0 Å². The molecule has 2 heterocycles. The highest BCUT2D eigenvalue weighted by atomic mass is 32.1. The first kappa shape index (κ1) is 15.8. The molecule has 0 aliphatic rings. The van der Waals surface area contributed by atoms with Crippen LogP contribution in [0.2, 0.25) is 0 Å². The van der Waals surface area contributed by atoms with Gasteiger partial charge in [-0.2, -0.15) is 0 Å². The van der Waals surface area contributed by atoms with Crippen LogP contribution in [0.3, 0.4) is 0 Å². The lowest BCUT2D eigenvalue weighted by molar-refractivity contribution is 0.414. The molecular weight excluding hydrogens is 358 g/mol. The second-order valence-electron chi connectivity index (χ2n) is 6.12. The number of nitrogen functional groups attached to an aromatic ring is 1. The van der Waals surface area contributed by atoms with Crippen LogP contribution in [0.15, 0.2) is 65.2 Å². The van der Waals surface area contributed by atoms with Crippen molar-refractivity contribution in [1.29, 1.82) is 0 Å². The number of ether oxygens (including phenoxy) is 1. The van der Waals surface area contributed by atoms with Crippen LogP contribution in [0.1, 0.15) is 0 Å². The number of methoxy groups -OCH3 is 1. The van der Waals surface area contributed by atoms with Gasteiger partial charge in [-0.15, -0.1) is 11.3 Å². The Labute approximate surface area is 159 Å². The van der Waals surface area contributed by atoms with Crippen LogP contribution in [0.25, 0.3) is 42.8 Å². The summed E-state index contributed by atoms with van der Waals surface area (Å²) in [6.07, 6.45) is 0. The topological polar surface area (TPSA) is 74.2 Å². The van der Waals surface area contributed by atoms with Crippen molar-refractivity contribution in [3.63, 3.8) is 0 Å². The number of rotatable bonds is 3. The molecule has 132 valence electrons. The Bertz CT molecular complexity index is 1260. The van der Waals surface area contributed by atoms with Crippen molar-refractivity contribution < 1.29 is 9.26 Å². The van der Waals surface area contributed by atoms with E-state index in [0.29, 0.717) is 17.0 Å². The number of anilines is 1. The Morgan fingerprint density at radius 1 is 0.963 bits per heavy atom. The van der Waals surface area contributed by atoms with E-state index in [1.165, 1.54) is 0 Å². The summed E-state index contributed by atoms with van der Waals surface area (Å²) in [7, 11) is 1.65. The zero-order valence-electron chi connectivity index (χ0n) is 14.5. The average Bonchev–Trinajstić information content (AvgIpc) is 3.29. The lowest BCUT2D eigenvalue weighted by Gasteiger charge is -2.11. The van der Waals surface area contributed by atoms with Gasteiger partial charge in [-0.3, -0.25) is 0 Å². The molecule has 0 radical (unpaired) electrons. The molecule has 5 rings (SSSR count). The molecule has 0 aliphatic heterocycles. The van der Waals surface area contributed by atoms with Crippen molar-refractivity contribution in [2.45, 2.75) is 0 Å². The zero-order chi connectivity index (χ0) is 18.4. The molecule has 0 fully saturated rings. The number of fused-ring (bicyclic) bond motifs is 2. The minimum atomic E-state index is 0.249. The van der Waals surface area contributed by atoms with Crippen molar-refractivity contribution in [1.82, 2.24) is 10.1 Å². The lowest BCUT2D eigenvalue weighted by atomic mass is 9.98. The quantitative estimate of drug-likeness (QED) is 0.461. The fourth-order valence-electron chi connectivity index (χ4n) is 3.33. The molecule has 2 N–H and O–H groups in total. The van der Waals surface area contributed by atoms with E-state index >= 15 is 0 Å². The minimum Gasteiger partial charge on any atom is -0.496 e. The van der Waals surface area contributed by atoms with Crippen LogP contribution in [-0.4, -0.2) is 17.3 Å². The smallest absolute Gasteiger partial charge is 0.233 e. The summed E-state index contributed by atoms with van der Waals surface area (Å²) >= 11 is 1.56. The number of hydrogen-bond acceptors (Lipinski definition) is 6. The number of nitrogens with two attached hydrogens (primary N) is 1. The molecule has 0 spiro atoms. The summed E-state index contributed by atoms with van der Waals surface area (Å²) in [6, 6.07) is 20.0. The predicted molar refractivity (Wildman–Crippen MR) is 109 cm³/mol. The summed E-state index contributed by atoms with van der Waals surface area (Å²) in [4.78, 5) is 4.74. The van der Waals surface area contributed by atoms with Gasteiger partial charge in [0.15, 0.2) is 0 Å². The molecule has 2 aromatic heterocycles. The van der Waals surface area contributed by atoms with Crippen LogP contribution in [-0.2, 0) is 0 Å². The van der Waals surface area contributed by atoms with Crippen LogP contribution in [0, 0.1) is 0 Å². The third kappa shape index (κ3) is 2.45. The molecule has 0 saturated carbocycles. The van der Waals surface area contributed by atoms with Gasteiger partial charge >= 0.3 is 0 Å². The first-order valence-electron chi connectivity index (χ1n) is 8.43. The molecule has 5 nitrogen and oxygen atoms in total. The molecular formula is C21H15N3O2S. The van der Waals surface area contributed by atoms with Crippen molar-refractivity contribution in [2.24, 2.45) is 0 Å². The van der Waals surface area contributed by atoms with Gasteiger partial charge in [0.1, 0.15) is 22.0 Å². The first-order valence-corrected chi connectivity index (χ1v) is 9.25. The number of benzene rings is 3. The number of hydrogen-bond donors (Lipinski definition) is 1. The van der Waals surface area contributed by atoms with Gasteiger partial charge in [0.2, 0.25) is 5.88 Å². The van der Waals surface area contributed by atoms with E-state index in [4.69, 9.17) is 20.0 Å². The lowest BCUT2D eigenvalue weighted by Crippen LogP contribution is -1.92. The standard InChI is InChI=1S/C21H15N3O2S/c1-25-15-11-10-12-6-2-3-7-13(12)17(15)19-18(20(22)26-24-19)21-23-14-8-4-5-9-16(14)27-21/h2-11H,22H2,1H3. The second-order valence-corrected chi connectivity index (χ2v) is 7.15. The van der Waals surface area contributed by atoms with Crippen molar-refractivity contribution in [2.75, 3.05) is 12.8 Å². The fraction of sp³-hybridized carbons (Fsp3) is 0.0476. The van der Waals surface area contributed by atoms with E-state index in [-0.39, 0.29) is 5.88 Å². The molecule has 0 bridgehead atoms. The number of aromatic nitrogens is 2. The number of para-hydroxylation sites is 1. The van der Waals surface area contributed by atoms with Crippen molar-refractivity contribution in [3.05, 3.63) is 60.7 Å². The summed E-state index contributed by atoms with van der Waals surface area (Å²) < 4.78 is 12.1. The van der Waals surface area contributed by atoms with Gasteiger partial charge in [0.05, 0.1) is 22.9 Å². The monoisotopic (exact) mass is 373 g/mol. The van der Waals surface area contributed by atoms with E-state index in [1.54, 1.807) is 18.4 Å². The molecule has 0 atom stereocenters. The van der Waals surface area contributed by atoms with Crippen LogP contribution in [0.5, 0.6) is 5.75 Å². The summed E-state index contributed by atoms with van der Waals surface area (Å²) in [5, 5.41) is 7.16. The summed E-state index contributed by atoms with van der Waals surface area (Å²) in [5.74, 6) is 0.961. The summed E-state index contributed by atoms with van der Waals surface area (Å²) in [6.45, 7) is 0. The maximum Gasteiger partial charge on any atom is 0.233 e. The molecule has 6 heteroatoms. The predicted octanol–water partition coefficient (Wildman–Crippen LogP) is 5.36. The maximum absolute atomic E-state index is 6.16.